The zero-order valence-electron chi connectivity index (χ0n) is 13.9. The number of nitrogens with one attached hydrogen (secondary N) is 1. The first-order chi connectivity index (χ1) is 11.5. The van der Waals surface area contributed by atoms with Crippen molar-refractivity contribution in [3.63, 3.8) is 0 Å². The van der Waals surface area contributed by atoms with Gasteiger partial charge in [0.1, 0.15) is 5.76 Å². The number of anilines is 1. The van der Waals surface area contributed by atoms with Crippen LogP contribution in [0, 0.1) is 5.92 Å². The van der Waals surface area contributed by atoms with Crippen LogP contribution in [-0.2, 0) is 10.3 Å². The lowest BCUT2D eigenvalue weighted by Crippen LogP contribution is -2.44. The van der Waals surface area contributed by atoms with Crippen molar-refractivity contribution in [1.29, 1.82) is 0 Å². The van der Waals surface area contributed by atoms with Crippen LogP contribution in [0.3, 0.4) is 0 Å². The van der Waals surface area contributed by atoms with Gasteiger partial charge in [0.2, 0.25) is 0 Å². The van der Waals surface area contributed by atoms with Gasteiger partial charge < -0.3 is 14.5 Å². The van der Waals surface area contributed by atoms with Crippen molar-refractivity contribution < 1.29 is 13.9 Å². The molecule has 1 aromatic heterocycles. The molecule has 1 amide bonds. The van der Waals surface area contributed by atoms with E-state index in [2.05, 4.69) is 19.2 Å². The minimum Gasteiger partial charge on any atom is -0.468 e. The quantitative estimate of drug-likeness (QED) is 0.842. The molecule has 3 rings (SSSR count). The third-order valence-electron chi connectivity index (χ3n) is 4.02. The molecule has 126 valence electrons. The van der Waals surface area contributed by atoms with Crippen molar-refractivity contribution in [2.45, 2.75) is 25.8 Å². The van der Waals surface area contributed by atoms with Crippen LogP contribution < -0.4 is 15.0 Å². The fraction of sp³-hybridized carbons (Fsp3) is 0.333. The van der Waals surface area contributed by atoms with E-state index in [0.717, 1.165) is 5.69 Å². The lowest BCUT2D eigenvalue weighted by molar-refractivity contribution is -0.123. The maximum atomic E-state index is 13.3. The number of carbonyl (C=O) groups excluding carboxylic acids is 1. The number of thiocarbonyl (C=S) groups is 1. The monoisotopic (exact) mass is 344 g/mol. The van der Waals surface area contributed by atoms with Gasteiger partial charge in [-0.25, -0.2) is 0 Å². The summed E-state index contributed by atoms with van der Waals surface area (Å²) in [6.07, 6.45) is 0.561. The molecule has 1 aromatic carbocycles. The van der Waals surface area contributed by atoms with Crippen LogP contribution in [0.25, 0.3) is 0 Å². The second kappa shape index (κ2) is 6.28. The molecule has 6 heteroatoms. The Morgan fingerprint density at radius 1 is 1.25 bits per heavy atom. The summed E-state index contributed by atoms with van der Waals surface area (Å²) < 4.78 is 10.9. The van der Waals surface area contributed by atoms with Gasteiger partial charge in [0.25, 0.3) is 11.9 Å². The second-order valence-electron chi connectivity index (χ2n) is 6.23. The molecule has 0 saturated carbocycles. The van der Waals surface area contributed by atoms with E-state index >= 15 is 0 Å². The number of rotatable bonds is 5. The van der Waals surface area contributed by atoms with Crippen LogP contribution in [0.4, 0.5) is 5.69 Å². The van der Waals surface area contributed by atoms with Crippen LogP contribution in [0.1, 0.15) is 26.0 Å². The Bertz CT molecular complexity index is 757. The summed E-state index contributed by atoms with van der Waals surface area (Å²) in [7, 11) is 1.53. The predicted molar refractivity (Wildman–Crippen MR) is 96.1 cm³/mol. The number of furan rings is 1. The zero-order valence-corrected chi connectivity index (χ0v) is 14.7. The van der Waals surface area contributed by atoms with E-state index < -0.39 is 5.54 Å². The molecule has 2 aromatic rings. The van der Waals surface area contributed by atoms with Crippen LogP contribution in [0.15, 0.2) is 46.9 Å². The summed E-state index contributed by atoms with van der Waals surface area (Å²) >= 11 is 5.46. The Hall–Kier alpha value is -2.34. The topological polar surface area (TPSA) is 54.7 Å². The summed E-state index contributed by atoms with van der Waals surface area (Å²) in [5.41, 5.74) is -0.276. The molecule has 1 fully saturated rings. The number of amides is 1. The Labute approximate surface area is 146 Å². The first kappa shape index (κ1) is 16.5. The van der Waals surface area contributed by atoms with Crippen LogP contribution in [0.2, 0.25) is 0 Å². The molecule has 0 bridgehead atoms. The Balaban J connectivity index is 2.06. The normalized spacial score (nSPS) is 20.6. The molecule has 1 atom stereocenters. The molecule has 1 aliphatic rings. The van der Waals surface area contributed by atoms with Gasteiger partial charge in [0.15, 0.2) is 10.7 Å². The highest BCUT2D eigenvalue weighted by Gasteiger charge is 2.53. The highest BCUT2D eigenvalue weighted by atomic mass is 32.1. The van der Waals surface area contributed by atoms with Crippen molar-refractivity contribution >= 4 is 28.9 Å². The summed E-state index contributed by atoms with van der Waals surface area (Å²) in [4.78, 5) is 14.9. The summed E-state index contributed by atoms with van der Waals surface area (Å²) in [6, 6.07) is 12.9. The second-order valence-corrected chi connectivity index (χ2v) is 6.62. The Kier molecular flexibility index (Phi) is 4.32. The van der Waals surface area contributed by atoms with E-state index in [9.17, 15) is 4.79 Å². The van der Waals surface area contributed by atoms with Gasteiger partial charge in [-0.1, -0.05) is 32.0 Å². The van der Waals surface area contributed by atoms with E-state index in [1.54, 1.807) is 12.1 Å². The van der Waals surface area contributed by atoms with Gasteiger partial charge >= 0.3 is 0 Å². The van der Waals surface area contributed by atoms with E-state index in [-0.39, 0.29) is 11.8 Å². The van der Waals surface area contributed by atoms with Gasteiger partial charge in [-0.05, 0) is 42.8 Å². The van der Waals surface area contributed by atoms with E-state index in [1.165, 1.54) is 12.0 Å². The molecule has 1 saturated heterocycles. The van der Waals surface area contributed by atoms with Gasteiger partial charge in [-0.3, -0.25) is 9.69 Å². The molecule has 0 aliphatic carbocycles. The van der Waals surface area contributed by atoms with Gasteiger partial charge in [-0.2, -0.15) is 0 Å². The molecule has 1 aliphatic heterocycles. The summed E-state index contributed by atoms with van der Waals surface area (Å²) in [5, 5.41) is 3.59. The molecular formula is C18H20N2O3S. The standard InChI is InChI=1S/C18H20N2O3S/c1-12(2)11-18(14-9-10-15(22-3)23-14)16(21)20(17(24)19-18)13-7-5-4-6-8-13/h4-10,12H,11H2,1-3H3,(H,19,24)/t18-/m1/s1. The largest absolute Gasteiger partial charge is 0.468 e. The fourth-order valence-electron chi connectivity index (χ4n) is 3.06. The van der Waals surface area contributed by atoms with Gasteiger partial charge in [0.05, 0.1) is 12.8 Å². The van der Waals surface area contributed by atoms with Crippen LogP contribution >= 0.6 is 12.2 Å². The number of para-hydroxylation sites is 1. The van der Waals surface area contributed by atoms with Crippen LogP contribution in [-0.4, -0.2) is 18.1 Å². The molecule has 2 heterocycles. The molecule has 5 nitrogen and oxygen atoms in total. The maximum absolute atomic E-state index is 13.3. The number of ether oxygens (including phenoxy) is 1. The van der Waals surface area contributed by atoms with E-state index in [1.807, 2.05) is 30.3 Å². The highest BCUT2D eigenvalue weighted by molar-refractivity contribution is 7.80. The average molecular weight is 344 g/mol. The van der Waals surface area contributed by atoms with Gasteiger partial charge in [0, 0.05) is 6.07 Å². The number of methoxy groups -OCH3 is 1. The van der Waals surface area contributed by atoms with Gasteiger partial charge in [-0.15, -0.1) is 0 Å². The zero-order chi connectivity index (χ0) is 17.3. The summed E-state index contributed by atoms with van der Waals surface area (Å²) in [5.74, 6) is 1.01. The number of benzene rings is 1. The number of hydrogen-bond donors (Lipinski definition) is 1. The SMILES string of the molecule is COc1ccc([C@@]2(CC(C)C)NC(=S)N(c3ccccc3)C2=O)o1. The summed E-state index contributed by atoms with van der Waals surface area (Å²) in [6.45, 7) is 4.12. The number of hydrogen-bond acceptors (Lipinski definition) is 4. The van der Waals surface area contributed by atoms with Crippen molar-refractivity contribution in [2.24, 2.45) is 5.92 Å². The van der Waals surface area contributed by atoms with Crippen molar-refractivity contribution in [2.75, 3.05) is 12.0 Å². The highest BCUT2D eigenvalue weighted by Crippen LogP contribution is 2.39. The first-order valence-corrected chi connectivity index (χ1v) is 8.25. The van der Waals surface area contributed by atoms with E-state index in [4.69, 9.17) is 21.4 Å². The fourth-order valence-corrected chi connectivity index (χ4v) is 3.43. The Morgan fingerprint density at radius 2 is 1.96 bits per heavy atom. The Morgan fingerprint density at radius 3 is 2.54 bits per heavy atom. The maximum Gasteiger partial charge on any atom is 0.284 e. The molecule has 24 heavy (non-hydrogen) atoms. The predicted octanol–water partition coefficient (Wildman–Crippen LogP) is 3.45. The molecule has 0 radical (unpaired) electrons. The molecule has 0 spiro atoms. The third-order valence-corrected chi connectivity index (χ3v) is 4.31. The number of nitrogens with zero attached hydrogens (tertiary/aromatic N) is 1. The molecule has 0 unspecified atom stereocenters. The van der Waals surface area contributed by atoms with E-state index in [0.29, 0.717) is 23.2 Å². The smallest absolute Gasteiger partial charge is 0.284 e. The van der Waals surface area contributed by atoms with Crippen molar-refractivity contribution in [1.82, 2.24) is 5.32 Å². The minimum atomic E-state index is -1.02. The third kappa shape index (κ3) is 2.67. The molecular weight excluding hydrogens is 324 g/mol. The van der Waals surface area contributed by atoms with Crippen LogP contribution in [0.5, 0.6) is 5.95 Å². The minimum absolute atomic E-state index is 0.135. The van der Waals surface area contributed by atoms with Crippen molar-refractivity contribution in [3.8, 4) is 5.95 Å². The first-order valence-electron chi connectivity index (χ1n) is 7.84. The molecule has 1 N–H and O–H groups in total. The average Bonchev–Trinajstić information content (AvgIpc) is 3.12. The van der Waals surface area contributed by atoms with Crippen molar-refractivity contribution in [3.05, 3.63) is 48.2 Å². The number of carbonyl (C=O) groups is 1. The lowest BCUT2D eigenvalue weighted by Gasteiger charge is -2.26. The lowest BCUT2D eigenvalue weighted by atomic mass is 9.86.